The molecule has 1 aromatic carbocycles. The number of amides is 1. The maximum Gasteiger partial charge on any atom is 0.226 e. The van der Waals surface area contributed by atoms with Gasteiger partial charge >= 0.3 is 0 Å². The maximum atomic E-state index is 11.9. The highest BCUT2D eigenvalue weighted by atomic mass is 35.5. The van der Waals surface area contributed by atoms with Crippen molar-refractivity contribution >= 4 is 17.5 Å². The van der Waals surface area contributed by atoms with Crippen LogP contribution in [0.15, 0.2) is 24.3 Å². The number of carbonyl (C=O) groups excluding carboxylic acids is 1. The monoisotopic (exact) mass is 271 g/mol. The summed E-state index contributed by atoms with van der Waals surface area (Å²) < 4.78 is 4.81. The Kier molecular flexibility index (Phi) is 6.12. The number of halogens is 1. The number of hydrogen-bond acceptors (Lipinski definition) is 3. The summed E-state index contributed by atoms with van der Waals surface area (Å²) >= 11 is 5.99. The van der Waals surface area contributed by atoms with Gasteiger partial charge in [0.15, 0.2) is 0 Å². The Morgan fingerprint density at radius 3 is 2.78 bits per heavy atom. The first-order chi connectivity index (χ1) is 8.54. The fourth-order valence-corrected chi connectivity index (χ4v) is 1.81. The van der Waals surface area contributed by atoms with Gasteiger partial charge in [-0.25, -0.2) is 0 Å². The van der Waals surface area contributed by atoms with Crippen LogP contribution in [0.25, 0.3) is 0 Å². The van der Waals surface area contributed by atoms with Crippen molar-refractivity contribution in [2.45, 2.75) is 12.5 Å². The standard InChI is InChI=1S/C13H18ClNO3/c1-15(8-11(16)9-18-2)13(17)7-10-5-3-4-6-12(10)14/h3-6,11,16H,7-9H2,1-2H3. The van der Waals surface area contributed by atoms with Crippen LogP contribution >= 0.6 is 11.6 Å². The molecule has 100 valence electrons. The normalized spacial score (nSPS) is 12.2. The van der Waals surface area contributed by atoms with Crippen LogP contribution in [0.4, 0.5) is 0 Å². The smallest absolute Gasteiger partial charge is 0.226 e. The van der Waals surface area contributed by atoms with Crippen LogP contribution in [-0.2, 0) is 16.0 Å². The molecule has 1 N–H and O–H groups in total. The van der Waals surface area contributed by atoms with Crippen LogP contribution < -0.4 is 0 Å². The first kappa shape index (κ1) is 15.0. The fourth-order valence-electron chi connectivity index (χ4n) is 1.60. The van der Waals surface area contributed by atoms with Crippen LogP contribution in [0.2, 0.25) is 5.02 Å². The molecule has 0 aromatic heterocycles. The van der Waals surface area contributed by atoms with Gasteiger partial charge in [-0.3, -0.25) is 4.79 Å². The van der Waals surface area contributed by atoms with E-state index in [1.165, 1.54) is 12.0 Å². The average molecular weight is 272 g/mol. The van der Waals surface area contributed by atoms with Gasteiger partial charge in [-0.1, -0.05) is 29.8 Å². The zero-order chi connectivity index (χ0) is 13.5. The summed E-state index contributed by atoms with van der Waals surface area (Å²) in [5.74, 6) is -0.0850. The van der Waals surface area contributed by atoms with Crippen LogP contribution in [0.3, 0.4) is 0 Å². The third-order valence-corrected chi connectivity index (χ3v) is 2.94. The molecule has 4 nitrogen and oxygen atoms in total. The molecule has 1 rings (SSSR count). The van der Waals surface area contributed by atoms with Crippen molar-refractivity contribution in [3.8, 4) is 0 Å². The number of nitrogens with zero attached hydrogens (tertiary/aromatic N) is 1. The van der Waals surface area contributed by atoms with Gasteiger partial charge in [0.2, 0.25) is 5.91 Å². The molecule has 0 spiro atoms. The lowest BCUT2D eigenvalue weighted by Gasteiger charge is -2.20. The molecule has 1 aromatic rings. The topological polar surface area (TPSA) is 49.8 Å². The van der Waals surface area contributed by atoms with Crippen molar-refractivity contribution < 1.29 is 14.6 Å². The van der Waals surface area contributed by atoms with Gasteiger partial charge in [-0.15, -0.1) is 0 Å². The minimum absolute atomic E-state index is 0.0850. The fraction of sp³-hybridized carbons (Fsp3) is 0.462. The van der Waals surface area contributed by atoms with Crippen molar-refractivity contribution in [2.75, 3.05) is 27.3 Å². The third kappa shape index (κ3) is 4.64. The number of benzene rings is 1. The molecule has 18 heavy (non-hydrogen) atoms. The minimum atomic E-state index is -0.671. The lowest BCUT2D eigenvalue weighted by Crippen LogP contribution is -2.37. The summed E-state index contributed by atoms with van der Waals surface area (Å²) in [5.41, 5.74) is 0.789. The molecule has 1 unspecified atom stereocenters. The summed E-state index contributed by atoms with van der Waals surface area (Å²) in [4.78, 5) is 13.4. The molecule has 0 heterocycles. The van der Waals surface area contributed by atoms with Crippen molar-refractivity contribution in [1.82, 2.24) is 4.90 Å². The van der Waals surface area contributed by atoms with Crippen molar-refractivity contribution in [3.63, 3.8) is 0 Å². The number of likely N-dealkylation sites (N-methyl/N-ethyl adjacent to an activating group) is 1. The van der Waals surface area contributed by atoms with E-state index in [-0.39, 0.29) is 25.5 Å². The molecule has 1 atom stereocenters. The summed E-state index contributed by atoms with van der Waals surface area (Å²) in [6.45, 7) is 0.459. The second-order valence-corrected chi connectivity index (χ2v) is 4.56. The number of carbonyl (C=O) groups is 1. The van der Waals surface area contributed by atoms with E-state index in [1.54, 1.807) is 13.1 Å². The van der Waals surface area contributed by atoms with Crippen LogP contribution in [-0.4, -0.2) is 49.3 Å². The Hall–Kier alpha value is -1.10. The highest BCUT2D eigenvalue weighted by molar-refractivity contribution is 6.31. The minimum Gasteiger partial charge on any atom is -0.389 e. The number of rotatable bonds is 6. The second-order valence-electron chi connectivity index (χ2n) is 4.15. The molecule has 0 saturated heterocycles. The van der Waals surface area contributed by atoms with Crippen molar-refractivity contribution in [1.29, 1.82) is 0 Å². The molecule has 0 bridgehead atoms. The largest absolute Gasteiger partial charge is 0.389 e. The molecule has 5 heteroatoms. The molecule has 0 aliphatic rings. The Balaban J connectivity index is 2.52. The quantitative estimate of drug-likeness (QED) is 0.850. The molecule has 0 radical (unpaired) electrons. The third-order valence-electron chi connectivity index (χ3n) is 2.57. The highest BCUT2D eigenvalue weighted by Crippen LogP contribution is 2.16. The van der Waals surface area contributed by atoms with Crippen LogP contribution in [0.5, 0.6) is 0 Å². The van der Waals surface area contributed by atoms with Crippen LogP contribution in [0, 0.1) is 0 Å². The summed E-state index contributed by atoms with van der Waals surface area (Å²) in [6.07, 6.45) is -0.439. The van der Waals surface area contributed by atoms with Gasteiger partial charge in [-0.2, -0.15) is 0 Å². The van der Waals surface area contributed by atoms with E-state index in [0.717, 1.165) is 5.56 Å². The predicted octanol–water partition coefficient (Wildman–Crippen LogP) is 1.35. The molecule has 1 amide bonds. The lowest BCUT2D eigenvalue weighted by molar-refractivity contribution is -0.130. The zero-order valence-electron chi connectivity index (χ0n) is 10.6. The highest BCUT2D eigenvalue weighted by Gasteiger charge is 2.15. The van der Waals surface area contributed by atoms with Gasteiger partial charge in [0.05, 0.1) is 19.1 Å². The number of hydrogen-bond donors (Lipinski definition) is 1. The summed E-state index contributed by atoms with van der Waals surface area (Å²) in [7, 11) is 3.16. The average Bonchev–Trinajstić information content (AvgIpc) is 2.32. The Labute approximate surface area is 112 Å². The van der Waals surface area contributed by atoms with Gasteiger partial charge in [-0.05, 0) is 11.6 Å². The van der Waals surface area contributed by atoms with E-state index in [4.69, 9.17) is 16.3 Å². The Bertz CT molecular complexity index is 398. The summed E-state index contributed by atoms with van der Waals surface area (Å²) in [6, 6.07) is 7.24. The molecule has 0 aliphatic heterocycles. The van der Waals surface area contributed by atoms with E-state index in [0.29, 0.717) is 5.02 Å². The van der Waals surface area contributed by atoms with E-state index in [2.05, 4.69) is 0 Å². The second kappa shape index (κ2) is 7.36. The van der Waals surface area contributed by atoms with E-state index >= 15 is 0 Å². The van der Waals surface area contributed by atoms with E-state index < -0.39 is 6.10 Å². The number of ether oxygens (including phenoxy) is 1. The van der Waals surface area contributed by atoms with E-state index in [9.17, 15) is 9.90 Å². The number of aliphatic hydroxyl groups is 1. The van der Waals surface area contributed by atoms with Gasteiger partial charge < -0.3 is 14.7 Å². The molecule has 0 fully saturated rings. The van der Waals surface area contributed by atoms with Crippen molar-refractivity contribution in [2.24, 2.45) is 0 Å². The maximum absolute atomic E-state index is 11.9. The molecule has 0 saturated carbocycles. The molecule has 0 aliphatic carbocycles. The molecular weight excluding hydrogens is 254 g/mol. The van der Waals surface area contributed by atoms with E-state index in [1.807, 2.05) is 18.2 Å². The first-order valence-corrected chi connectivity index (χ1v) is 6.06. The van der Waals surface area contributed by atoms with Crippen LogP contribution in [0.1, 0.15) is 5.56 Å². The first-order valence-electron chi connectivity index (χ1n) is 5.69. The van der Waals surface area contributed by atoms with Gasteiger partial charge in [0.1, 0.15) is 0 Å². The SMILES string of the molecule is COCC(O)CN(C)C(=O)Cc1ccccc1Cl. The van der Waals surface area contributed by atoms with Gasteiger partial charge in [0, 0.05) is 25.7 Å². The number of methoxy groups -OCH3 is 1. The van der Waals surface area contributed by atoms with Crippen molar-refractivity contribution in [3.05, 3.63) is 34.9 Å². The Morgan fingerprint density at radius 2 is 2.17 bits per heavy atom. The predicted molar refractivity (Wildman–Crippen MR) is 70.7 cm³/mol. The summed E-state index contributed by atoms with van der Waals surface area (Å²) in [5, 5.41) is 10.1. The zero-order valence-corrected chi connectivity index (χ0v) is 11.4. The Morgan fingerprint density at radius 1 is 1.50 bits per heavy atom. The van der Waals surface area contributed by atoms with Gasteiger partial charge in [0.25, 0.3) is 0 Å². The molecular formula is C13H18ClNO3. The number of aliphatic hydroxyl groups excluding tert-OH is 1. The lowest BCUT2D eigenvalue weighted by atomic mass is 10.1.